The van der Waals surface area contributed by atoms with Gasteiger partial charge >= 0.3 is 0 Å². The highest BCUT2D eigenvalue weighted by Crippen LogP contribution is 2.25. The van der Waals surface area contributed by atoms with Crippen molar-refractivity contribution < 1.29 is 9.90 Å². The lowest BCUT2D eigenvalue weighted by Crippen LogP contribution is -2.12. The van der Waals surface area contributed by atoms with Gasteiger partial charge < -0.3 is 5.11 Å². The monoisotopic (exact) mass is 247 g/mol. The van der Waals surface area contributed by atoms with E-state index in [1.54, 1.807) is 42.6 Å². The zero-order valence-electron chi connectivity index (χ0n) is 8.88. The Morgan fingerprint density at radius 1 is 1.24 bits per heavy atom. The molecule has 0 spiro atoms. The number of hydrogen-bond acceptors (Lipinski definition) is 3. The number of benzene rings is 1. The first kappa shape index (κ1) is 11.8. The lowest BCUT2D eigenvalue weighted by atomic mass is 10.0. The number of aromatic nitrogens is 1. The van der Waals surface area contributed by atoms with Gasteiger partial charge in [-0.25, -0.2) is 0 Å². The average Bonchev–Trinajstić information content (AvgIpc) is 2.39. The Morgan fingerprint density at radius 2 is 2.00 bits per heavy atom. The smallest absolute Gasteiger partial charge is 0.197 e. The summed E-state index contributed by atoms with van der Waals surface area (Å²) in [5.41, 5.74) is 0.767. The van der Waals surface area contributed by atoms with Crippen molar-refractivity contribution in [3.8, 4) is 0 Å². The predicted molar refractivity (Wildman–Crippen MR) is 65.0 cm³/mol. The van der Waals surface area contributed by atoms with Crippen molar-refractivity contribution in [1.82, 2.24) is 4.98 Å². The molecule has 0 aliphatic rings. The molecule has 1 heterocycles. The van der Waals surface area contributed by atoms with E-state index in [-0.39, 0.29) is 0 Å². The second kappa shape index (κ2) is 5.08. The summed E-state index contributed by atoms with van der Waals surface area (Å²) in [6.07, 6.45) is 1.73. The molecular formula is C13H10ClNO2. The molecule has 0 amide bonds. The fraction of sp³-hybridized carbons (Fsp3) is 0.0769. The molecule has 1 atom stereocenters. The Hall–Kier alpha value is -1.71. The number of nitrogens with zero attached hydrogens (tertiary/aromatic N) is 1. The maximum absolute atomic E-state index is 11.9. The second-order valence-electron chi connectivity index (χ2n) is 3.53. The molecule has 4 heteroatoms. The van der Waals surface area contributed by atoms with Crippen LogP contribution >= 0.6 is 11.6 Å². The van der Waals surface area contributed by atoms with E-state index >= 15 is 0 Å². The van der Waals surface area contributed by atoms with E-state index in [1.165, 1.54) is 6.20 Å². The van der Waals surface area contributed by atoms with E-state index in [0.717, 1.165) is 0 Å². The highest BCUT2D eigenvalue weighted by Gasteiger charge is 2.21. The van der Waals surface area contributed by atoms with Gasteiger partial charge in [0.25, 0.3) is 0 Å². The zero-order valence-corrected chi connectivity index (χ0v) is 9.63. The van der Waals surface area contributed by atoms with Crippen molar-refractivity contribution in [1.29, 1.82) is 0 Å². The lowest BCUT2D eigenvalue weighted by Gasteiger charge is -2.11. The van der Waals surface area contributed by atoms with Crippen LogP contribution in [0.15, 0.2) is 48.8 Å². The quantitative estimate of drug-likeness (QED) is 0.849. The average molecular weight is 248 g/mol. The number of aliphatic hydroxyl groups is 1. The molecule has 1 aromatic heterocycles. The number of Topliss-reactive ketones (excluding diaryl/α,β-unsaturated/α-hetero) is 1. The molecule has 2 aromatic rings. The van der Waals surface area contributed by atoms with Crippen molar-refractivity contribution in [2.45, 2.75) is 6.10 Å². The summed E-state index contributed by atoms with van der Waals surface area (Å²) in [6, 6.07) is 9.98. The number of carbonyl (C=O) groups is 1. The predicted octanol–water partition coefficient (Wildman–Crippen LogP) is 2.65. The molecule has 3 nitrogen and oxygen atoms in total. The van der Waals surface area contributed by atoms with Gasteiger partial charge in [-0.2, -0.15) is 0 Å². The first-order valence-corrected chi connectivity index (χ1v) is 5.44. The molecule has 1 aromatic carbocycles. The van der Waals surface area contributed by atoms with Crippen LogP contribution in [0.1, 0.15) is 22.0 Å². The Kier molecular flexibility index (Phi) is 3.52. The van der Waals surface area contributed by atoms with Gasteiger partial charge in [-0.15, -0.1) is 0 Å². The van der Waals surface area contributed by atoms with Gasteiger partial charge in [-0.1, -0.05) is 29.8 Å². The maximum Gasteiger partial charge on any atom is 0.197 e. The van der Waals surface area contributed by atoms with E-state index in [9.17, 15) is 9.90 Å². The summed E-state index contributed by atoms with van der Waals surface area (Å²) in [6.45, 7) is 0. The molecule has 1 N–H and O–H groups in total. The minimum Gasteiger partial charge on any atom is -0.380 e. The summed E-state index contributed by atoms with van der Waals surface area (Å²) in [5, 5.41) is 10.3. The van der Waals surface area contributed by atoms with Crippen LogP contribution in [-0.2, 0) is 0 Å². The first-order chi connectivity index (χ1) is 8.20. The number of rotatable bonds is 3. The molecule has 0 bridgehead atoms. The third kappa shape index (κ3) is 2.52. The van der Waals surface area contributed by atoms with Crippen molar-refractivity contribution in [3.63, 3.8) is 0 Å². The molecule has 2 rings (SSSR count). The number of ketones is 1. The SMILES string of the molecule is O=C(c1cccnc1)C(O)c1ccccc1Cl. The third-order valence-electron chi connectivity index (χ3n) is 2.39. The highest BCUT2D eigenvalue weighted by molar-refractivity contribution is 6.31. The molecule has 0 aliphatic carbocycles. The second-order valence-corrected chi connectivity index (χ2v) is 3.94. The van der Waals surface area contributed by atoms with Crippen LogP contribution in [0.25, 0.3) is 0 Å². The molecule has 0 aliphatic heterocycles. The van der Waals surface area contributed by atoms with Gasteiger partial charge in [0.15, 0.2) is 5.78 Å². The van der Waals surface area contributed by atoms with E-state index in [0.29, 0.717) is 16.1 Å². The van der Waals surface area contributed by atoms with Crippen LogP contribution in [0, 0.1) is 0 Å². The molecular weight excluding hydrogens is 238 g/mol. The van der Waals surface area contributed by atoms with Crippen LogP contribution in [-0.4, -0.2) is 15.9 Å². The Labute approximate surface area is 104 Å². The van der Waals surface area contributed by atoms with Gasteiger partial charge in [0, 0.05) is 28.5 Å². The van der Waals surface area contributed by atoms with E-state index < -0.39 is 11.9 Å². The molecule has 0 radical (unpaired) electrons. The number of halogens is 1. The van der Waals surface area contributed by atoms with Gasteiger partial charge in [-0.3, -0.25) is 9.78 Å². The molecule has 17 heavy (non-hydrogen) atoms. The molecule has 1 unspecified atom stereocenters. The summed E-state index contributed by atoms with van der Waals surface area (Å²) >= 11 is 5.92. The van der Waals surface area contributed by atoms with Crippen molar-refractivity contribution in [3.05, 3.63) is 64.9 Å². The van der Waals surface area contributed by atoms with Crippen molar-refractivity contribution >= 4 is 17.4 Å². The summed E-state index contributed by atoms with van der Waals surface area (Å²) in [7, 11) is 0. The van der Waals surface area contributed by atoms with Crippen LogP contribution in [0.2, 0.25) is 5.02 Å². The highest BCUT2D eigenvalue weighted by atomic mass is 35.5. The van der Waals surface area contributed by atoms with Crippen LogP contribution in [0.5, 0.6) is 0 Å². The Balaban J connectivity index is 2.30. The summed E-state index contributed by atoms with van der Waals surface area (Å²) < 4.78 is 0. The number of pyridine rings is 1. The van der Waals surface area contributed by atoms with E-state index in [1.807, 2.05) is 0 Å². The van der Waals surface area contributed by atoms with Crippen LogP contribution < -0.4 is 0 Å². The van der Waals surface area contributed by atoms with Gasteiger partial charge in [0.05, 0.1) is 0 Å². The molecule has 0 fully saturated rings. The largest absolute Gasteiger partial charge is 0.380 e. The molecule has 0 saturated heterocycles. The zero-order chi connectivity index (χ0) is 12.3. The Bertz CT molecular complexity index is 528. The fourth-order valence-electron chi connectivity index (χ4n) is 1.50. The Morgan fingerprint density at radius 3 is 2.65 bits per heavy atom. The van der Waals surface area contributed by atoms with Crippen LogP contribution in [0.4, 0.5) is 0 Å². The first-order valence-electron chi connectivity index (χ1n) is 5.07. The van der Waals surface area contributed by atoms with E-state index in [2.05, 4.69) is 4.98 Å². The molecule has 0 saturated carbocycles. The van der Waals surface area contributed by atoms with Gasteiger partial charge in [0.2, 0.25) is 0 Å². The van der Waals surface area contributed by atoms with Gasteiger partial charge in [0.1, 0.15) is 6.10 Å². The van der Waals surface area contributed by atoms with Gasteiger partial charge in [-0.05, 0) is 18.2 Å². The molecule has 86 valence electrons. The summed E-state index contributed by atoms with van der Waals surface area (Å²) in [5.74, 6) is -0.411. The van der Waals surface area contributed by atoms with E-state index in [4.69, 9.17) is 11.6 Å². The normalized spacial score (nSPS) is 12.1. The lowest BCUT2D eigenvalue weighted by molar-refractivity contribution is 0.0747. The van der Waals surface area contributed by atoms with Crippen molar-refractivity contribution in [2.24, 2.45) is 0 Å². The third-order valence-corrected chi connectivity index (χ3v) is 2.74. The minimum atomic E-state index is -1.26. The van der Waals surface area contributed by atoms with Crippen molar-refractivity contribution in [2.75, 3.05) is 0 Å². The topological polar surface area (TPSA) is 50.2 Å². The maximum atomic E-state index is 11.9. The fourth-order valence-corrected chi connectivity index (χ4v) is 1.74. The summed E-state index contributed by atoms with van der Waals surface area (Å²) in [4.78, 5) is 15.8. The standard InChI is InChI=1S/C13H10ClNO2/c14-11-6-2-1-5-10(11)13(17)12(16)9-4-3-7-15-8-9/h1-8,13,17H. The number of aliphatic hydroxyl groups excluding tert-OH is 1. The number of hydrogen-bond donors (Lipinski definition) is 1. The van der Waals surface area contributed by atoms with Crippen LogP contribution in [0.3, 0.4) is 0 Å². The minimum absolute atomic E-state index is 0.361. The number of carbonyl (C=O) groups excluding carboxylic acids is 1.